The molecule has 1 saturated heterocycles. The first-order chi connectivity index (χ1) is 10.2. The Morgan fingerprint density at radius 1 is 1.19 bits per heavy atom. The first kappa shape index (κ1) is 16.3. The second kappa shape index (κ2) is 7.25. The summed E-state index contributed by atoms with van der Waals surface area (Å²) in [5.41, 5.74) is 4.41. The molecule has 0 saturated carbocycles. The maximum atomic E-state index is 5.97. The molecule has 1 fully saturated rings. The summed E-state index contributed by atoms with van der Waals surface area (Å²) in [5, 5.41) is 0. The van der Waals surface area contributed by atoms with E-state index in [1.54, 1.807) is 7.11 Å². The molecule has 0 radical (unpaired) electrons. The van der Waals surface area contributed by atoms with Crippen molar-refractivity contribution in [3.63, 3.8) is 0 Å². The summed E-state index contributed by atoms with van der Waals surface area (Å²) in [5.74, 6) is 6.86. The Morgan fingerprint density at radius 3 is 2.19 bits per heavy atom. The van der Waals surface area contributed by atoms with Gasteiger partial charge in [-0.25, -0.2) is 0 Å². The van der Waals surface area contributed by atoms with Crippen molar-refractivity contribution in [2.45, 2.75) is 51.1 Å². The second-order valence-electron chi connectivity index (χ2n) is 5.88. The zero-order chi connectivity index (χ0) is 15.3. The molecule has 4 nitrogen and oxygen atoms in total. The van der Waals surface area contributed by atoms with E-state index < -0.39 is 0 Å². The number of methoxy groups -OCH3 is 1. The predicted octanol–water partition coefficient (Wildman–Crippen LogP) is 2.85. The van der Waals surface area contributed by atoms with Gasteiger partial charge in [-0.1, -0.05) is 26.0 Å². The Morgan fingerprint density at radius 2 is 1.76 bits per heavy atom. The number of hydrogen-bond acceptors (Lipinski definition) is 4. The van der Waals surface area contributed by atoms with Gasteiger partial charge in [0.25, 0.3) is 0 Å². The molecule has 118 valence electrons. The summed E-state index contributed by atoms with van der Waals surface area (Å²) in [6.45, 7) is 6.90. The number of nitrogens with two attached hydrogens (primary N) is 1. The minimum Gasteiger partial charge on any atom is -0.497 e. The standard InChI is InChI=1S/C17H29N3O/c1-4-17(5-2,20-12-6-7-13-20)16(19-18)14-8-10-15(21-3)11-9-14/h8-11,16,19H,4-7,12-13,18H2,1-3H3. The van der Waals surface area contributed by atoms with Gasteiger partial charge in [0.2, 0.25) is 0 Å². The Balaban J connectivity index is 2.33. The van der Waals surface area contributed by atoms with E-state index in [-0.39, 0.29) is 11.6 Å². The molecule has 0 aliphatic carbocycles. The molecule has 1 heterocycles. The Hall–Kier alpha value is -1.10. The number of ether oxygens (including phenoxy) is 1. The Bertz CT molecular complexity index is 422. The molecule has 2 rings (SSSR count). The summed E-state index contributed by atoms with van der Waals surface area (Å²) in [4.78, 5) is 2.63. The van der Waals surface area contributed by atoms with Crippen molar-refractivity contribution >= 4 is 0 Å². The van der Waals surface area contributed by atoms with E-state index in [1.807, 2.05) is 12.1 Å². The van der Waals surface area contributed by atoms with Crippen molar-refractivity contribution in [1.82, 2.24) is 10.3 Å². The largest absolute Gasteiger partial charge is 0.497 e. The molecule has 0 spiro atoms. The fraction of sp³-hybridized carbons (Fsp3) is 0.647. The van der Waals surface area contributed by atoms with Crippen LogP contribution in [0.5, 0.6) is 5.75 Å². The normalized spacial score (nSPS) is 17.9. The first-order valence-electron chi connectivity index (χ1n) is 8.07. The second-order valence-corrected chi connectivity index (χ2v) is 5.88. The van der Waals surface area contributed by atoms with Gasteiger partial charge in [0.05, 0.1) is 13.2 Å². The number of rotatable bonds is 7. The van der Waals surface area contributed by atoms with E-state index in [4.69, 9.17) is 10.6 Å². The average molecular weight is 291 g/mol. The van der Waals surface area contributed by atoms with Crippen LogP contribution in [-0.2, 0) is 0 Å². The third-order valence-corrected chi connectivity index (χ3v) is 5.11. The molecule has 0 bridgehead atoms. The summed E-state index contributed by atoms with van der Waals surface area (Å²) in [7, 11) is 1.69. The number of likely N-dealkylation sites (tertiary alicyclic amines) is 1. The lowest BCUT2D eigenvalue weighted by Crippen LogP contribution is -2.56. The zero-order valence-corrected chi connectivity index (χ0v) is 13.6. The summed E-state index contributed by atoms with van der Waals surface area (Å²) < 4.78 is 5.26. The third-order valence-electron chi connectivity index (χ3n) is 5.11. The molecule has 0 aromatic heterocycles. The van der Waals surface area contributed by atoms with Crippen molar-refractivity contribution in [2.75, 3.05) is 20.2 Å². The predicted molar refractivity (Wildman–Crippen MR) is 87.2 cm³/mol. The van der Waals surface area contributed by atoms with Crippen molar-refractivity contribution in [1.29, 1.82) is 0 Å². The lowest BCUT2D eigenvalue weighted by molar-refractivity contribution is 0.0616. The highest BCUT2D eigenvalue weighted by atomic mass is 16.5. The monoisotopic (exact) mass is 291 g/mol. The van der Waals surface area contributed by atoms with Gasteiger partial charge < -0.3 is 4.74 Å². The smallest absolute Gasteiger partial charge is 0.118 e. The fourth-order valence-corrected chi connectivity index (χ4v) is 3.81. The van der Waals surface area contributed by atoms with E-state index in [0.29, 0.717) is 0 Å². The number of hydrogen-bond donors (Lipinski definition) is 2. The summed E-state index contributed by atoms with van der Waals surface area (Å²) in [6, 6.07) is 8.41. The molecule has 3 N–H and O–H groups in total. The van der Waals surface area contributed by atoms with Gasteiger partial charge in [-0.05, 0) is 56.5 Å². The van der Waals surface area contributed by atoms with E-state index in [9.17, 15) is 0 Å². The molecule has 0 amide bonds. The Kier molecular flexibility index (Phi) is 5.62. The number of hydrazine groups is 1. The van der Waals surface area contributed by atoms with Crippen LogP contribution in [0.2, 0.25) is 0 Å². The minimum absolute atomic E-state index is 0.0832. The molecule has 1 atom stereocenters. The summed E-state index contributed by atoms with van der Waals surface area (Å²) >= 11 is 0. The number of nitrogens with zero attached hydrogens (tertiary/aromatic N) is 1. The molecule has 1 aliphatic rings. The van der Waals surface area contributed by atoms with Crippen LogP contribution in [-0.4, -0.2) is 30.6 Å². The van der Waals surface area contributed by atoms with Crippen molar-refractivity contribution in [3.05, 3.63) is 29.8 Å². The topological polar surface area (TPSA) is 50.5 Å². The van der Waals surface area contributed by atoms with Crippen LogP contribution >= 0.6 is 0 Å². The fourth-order valence-electron chi connectivity index (χ4n) is 3.81. The lowest BCUT2D eigenvalue weighted by atomic mass is 9.79. The highest BCUT2D eigenvalue weighted by Crippen LogP contribution is 2.39. The molecule has 21 heavy (non-hydrogen) atoms. The van der Waals surface area contributed by atoms with Crippen LogP contribution in [0, 0.1) is 0 Å². The quantitative estimate of drug-likeness (QED) is 0.599. The molecular weight excluding hydrogens is 262 g/mol. The van der Waals surface area contributed by atoms with Crippen LogP contribution < -0.4 is 16.0 Å². The van der Waals surface area contributed by atoms with Crippen LogP contribution in [0.1, 0.15) is 51.1 Å². The molecule has 4 heteroatoms. The molecule has 1 aliphatic heterocycles. The van der Waals surface area contributed by atoms with Gasteiger partial charge in [-0.15, -0.1) is 0 Å². The van der Waals surface area contributed by atoms with Gasteiger partial charge in [-0.3, -0.25) is 16.2 Å². The van der Waals surface area contributed by atoms with Gasteiger partial charge in [0, 0.05) is 5.54 Å². The first-order valence-corrected chi connectivity index (χ1v) is 8.07. The van der Waals surface area contributed by atoms with Gasteiger partial charge in [-0.2, -0.15) is 0 Å². The molecule has 1 aromatic carbocycles. The van der Waals surface area contributed by atoms with E-state index in [0.717, 1.165) is 18.6 Å². The summed E-state index contributed by atoms with van der Waals surface area (Å²) in [6.07, 6.45) is 4.76. The van der Waals surface area contributed by atoms with Crippen LogP contribution in [0.15, 0.2) is 24.3 Å². The highest BCUT2D eigenvalue weighted by Gasteiger charge is 2.42. The van der Waals surface area contributed by atoms with E-state index in [2.05, 4.69) is 36.3 Å². The van der Waals surface area contributed by atoms with Crippen molar-refractivity contribution < 1.29 is 4.74 Å². The SMILES string of the molecule is CCC(CC)(C(NN)c1ccc(OC)cc1)N1CCCC1. The van der Waals surface area contributed by atoms with Crippen molar-refractivity contribution in [3.8, 4) is 5.75 Å². The van der Waals surface area contributed by atoms with Gasteiger partial charge in [0.15, 0.2) is 0 Å². The van der Waals surface area contributed by atoms with E-state index in [1.165, 1.54) is 31.5 Å². The minimum atomic E-state index is 0.0832. The van der Waals surface area contributed by atoms with E-state index >= 15 is 0 Å². The maximum Gasteiger partial charge on any atom is 0.118 e. The Labute approximate surface area is 128 Å². The average Bonchev–Trinajstić information content (AvgIpc) is 3.08. The zero-order valence-electron chi connectivity index (χ0n) is 13.6. The highest BCUT2D eigenvalue weighted by molar-refractivity contribution is 5.31. The maximum absolute atomic E-state index is 5.97. The molecule has 1 aromatic rings. The van der Waals surface area contributed by atoms with Gasteiger partial charge in [0.1, 0.15) is 5.75 Å². The van der Waals surface area contributed by atoms with Crippen LogP contribution in [0.4, 0.5) is 0 Å². The molecule has 1 unspecified atom stereocenters. The van der Waals surface area contributed by atoms with Crippen molar-refractivity contribution in [2.24, 2.45) is 5.84 Å². The number of nitrogens with one attached hydrogen (secondary N) is 1. The van der Waals surface area contributed by atoms with Crippen LogP contribution in [0.25, 0.3) is 0 Å². The van der Waals surface area contributed by atoms with Gasteiger partial charge >= 0.3 is 0 Å². The van der Waals surface area contributed by atoms with Crippen LogP contribution in [0.3, 0.4) is 0 Å². The third kappa shape index (κ3) is 3.07. The number of benzene rings is 1. The molecular formula is C17H29N3O. The lowest BCUT2D eigenvalue weighted by Gasteiger charge is -2.46.